The predicted molar refractivity (Wildman–Crippen MR) is 85.6 cm³/mol. The highest BCUT2D eigenvalue weighted by Crippen LogP contribution is 2.28. The summed E-state index contributed by atoms with van der Waals surface area (Å²) in [6.07, 6.45) is 5.52. The minimum Gasteiger partial charge on any atom is -0.355 e. The first-order valence-electron chi connectivity index (χ1n) is 8.16. The first kappa shape index (κ1) is 14.4. The number of halogens is 1. The summed E-state index contributed by atoms with van der Waals surface area (Å²) in [6, 6.07) is 4.92. The maximum Gasteiger partial charge on any atom is 0.225 e. The Morgan fingerprint density at radius 3 is 2.96 bits per heavy atom. The highest BCUT2D eigenvalue weighted by atomic mass is 19.1. The first-order valence-corrected chi connectivity index (χ1v) is 8.16. The van der Waals surface area contributed by atoms with Gasteiger partial charge in [-0.05, 0) is 43.9 Å². The van der Waals surface area contributed by atoms with Crippen LogP contribution in [0.15, 0.2) is 24.5 Å². The molecule has 1 aromatic carbocycles. The molecular weight excluding hydrogens is 295 g/mol. The zero-order chi connectivity index (χ0) is 15.8. The largest absolute Gasteiger partial charge is 0.355 e. The van der Waals surface area contributed by atoms with E-state index in [1.54, 1.807) is 6.07 Å². The second kappa shape index (κ2) is 5.76. The molecule has 1 saturated carbocycles. The summed E-state index contributed by atoms with van der Waals surface area (Å²) in [5.41, 5.74) is 0.723. The van der Waals surface area contributed by atoms with Gasteiger partial charge >= 0.3 is 0 Å². The van der Waals surface area contributed by atoms with Crippen molar-refractivity contribution < 1.29 is 9.18 Å². The van der Waals surface area contributed by atoms with Gasteiger partial charge in [0.1, 0.15) is 18.0 Å². The van der Waals surface area contributed by atoms with Crippen LogP contribution in [0.4, 0.5) is 10.2 Å². The lowest BCUT2D eigenvalue weighted by molar-refractivity contribution is -0.125. The van der Waals surface area contributed by atoms with Crippen LogP contribution in [-0.2, 0) is 4.79 Å². The number of rotatable bonds is 3. The van der Waals surface area contributed by atoms with Crippen LogP contribution in [0.5, 0.6) is 0 Å². The molecule has 1 amide bonds. The molecule has 1 aromatic heterocycles. The van der Waals surface area contributed by atoms with Crippen LogP contribution >= 0.6 is 0 Å². The molecule has 1 N–H and O–H groups in total. The number of nitrogens with one attached hydrogen (secondary N) is 1. The summed E-state index contributed by atoms with van der Waals surface area (Å²) in [5, 5.41) is 3.79. The zero-order valence-electron chi connectivity index (χ0n) is 12.8. The van der Waals surface area contributed by atoms with Gasteiger partial charge in [0, 0.05) is 24.5 Å². The quantitative estimate of drug-likeness (QED) is 0.944. The average molecular weight is 314 g/mol. The summed E-state index contributed by atoms with van der Waals surface area (Å²) in [5.74, 6) is 0.539. The molecule has 1 aliphatic heterocycles. The Bertz CT molecular complexity index is 746. The molecule has 0 spiro atoms. The third kappa shape index (κ3) is 2.98. The van der Waals surface area contributed by atoms with E-state index in [0.29, 0.717) is 18.0 Å². The van der Waals surface area contributed by atoms with Gasteiger partial charge < -0.3 is 10.2 Å². The van der Waals surface area contributed by atoms with Crippen molar-refractivity contribution in [3.63, 3.8) is 0 Å². The van der Waals surface area contributed by atoms with Crippen molar-refractivity contribution in [1.82, 2.24) is 15.3 Å². The minimum absolute atomic E-state index is 0.0251. The Balaban J connectivity index is 1.59. The molecule has 0 radical (unpaired) electrons. The number of hydrogen-bond donors (Lipinski definition) is 1. The van der Waals surface area contributed by atoms with E-state index < -0.39 is 0 Å². The number of amides is 1. The molecule has 1 atom stereocenters. The standard InChI is InChI=1S/C17H19FN4O/c18-12-3-6-15-14(8-12)16(20-10-19-15)22-7-1-2-11(9-22)17(23)21-13-4-5-13/h3,6,8,10-11,13H,1-2,4-5,7,9H2,(H,21,23). The fourth-order valence-electron chi connectivity index (χ4n) is 3.20. The normalized spacial score (nSPS) is 21.4. The SMILES string of the molecule is O=C(NC1CC1)C1CCCN(c2ncnc3ccc(F)cc23)C1. The van der Waals surface area contributed by atoms with Gasteiger partial charge in [0.2, 0.25) is 5.91 Å². The van der Waals surface area contributed by atoms with Gasteiger partial charge in [0.15, 0.2) is 0 Å². The van der Waals surface area contributed by atoms with E-state index >= 15 is 0 Å². The lowest BCUT2D eigenvalue weighted by Gasteiger charge is -2.33. The zero-order valence-corrected chi connectivity index (χ0v) is 12.8. The Morgan fingerprint density at radius 2 is 2.13 bits per heavy atom. The number of anilines is 1. The van der Waals surface area contributed by atoms with Gasteiger partial charge in [0.25, 0.3) is 0 Å². The van der Waals surface area contributed by atoms with Gasteiger partial charge in [0.05, 0.1) is 11.4 Å². The first-order chi connectivity index (χ1) is 11.2. The molecule has 6 heteroatoms. The maximum absolute atomic E-state index is 13.6. The molecule has 2 aromatic rings. The second-order valence-corrected chi connectivity index (χ2v) is 6.43. The van der Waals surface area contributed by atoms with Crippen molar-refractivity contribution in [2.45, 2.75) is 31.7 Å². The Labute approximate surface area is 133 Å². The number of carbonyl (C=O) groups is 1. The van der Waals surface area contributed by atoms with Crippen LogP contribution in [0.1, 0.15) is 25.7 Å². The molecule has 1 aliphatic carbocycles. The minimum atomic E-state index is -0.298. The Kier molecular flexibility index (Phi) is 3.59. The van der Waals surface area contributed by atoms with Crippen molar-refractivity contribution in [3.05, 3.63) is 30.3 Å². The molecule has 5 nitrogen and oxygen atoms in total. The summed E-state index contributed by atoms with van der Waals surface area (Å²) in [4.78, 5) is 23.0. The van der Waals surface area contributed by atoms with Crippen molar-refractivity contribution in [3.8, 4) is 0 Å². The van der Waals surface area contributed by atoms with Crippen LogP contribution in [0.25, 0.3) is 10.9 Å². The van der Waals surface area contributed by atoms with Gasteiger partial charge in [-0.1, -0.05) is 0 Å². The van der Waals surface area contributed by atoms with Crippen molar-refractivity contribution >= 4 is 22.6 Å². The Hall–Kier alpha value is -2.24. The number of piperidine rings is 1. The van der Waals surface area contributed by atoms with Gasteiger partial charge in [-0.15, -0.1) is 0 Å². The van der Waals surface area contributed by atoms with Crippen LogP contribution in [0, 0.1) is 11.7 Å². The number of hydrogen-bond acceptors (Lipinski definition) is 4. The topological polar surface area (TPSA) is 58.1 Å². The van der Waals surface area contributed by atoms with E-state index in [0.717, 1.165) is 43.6 Å². The summed E-state index contributed by atoms with van der Waals surface area (Å²) in [7, 11) is 0. The van der Waals surface area contributed by atoms with E-state index in [2.05, 4.69) is 20.2 Å². The lowest BCUT2D eigenvalue weighted by atomic mass is 9.96. The van der Waals surface area contributed by atoms with Crippen LogP contribution in [0.2, 0.25) is 0 Å². The number of fused-ring (bicyclic) bond motifs is 1. The predicted octanol–water partition coefficient (Wildman–Crippen LogP) is 2.26. The molecule has 2 heterocycles. The van der Waals surface area contributed by atoms with E-state index in [4.69, 9.17) is 0 Å². The van der Waals surface area contributed by atoms with Crippen LogP contribution in [0.3, 0.4) is 0 Å². The fraction of sp³-hybridized carbons (Fsp3) is 0.471. The molecule has 1 saturated heterocycles. The third-order valence-corrected chi connectivity index (χ3v) is 4.59. The highest BCUT2D eigenvalue weighted by molar-refractivity contribution is 5.89. The summed E-state index contributed by atoms with van der Waals surface area (Å²) < 4.78 is 13.6. The van der Waals surface area contributed by atoms with E-state index in [1.807, 2.05) is 0 Å². The molecular formula is C17H19FN4O. The fourth-order valence-corrected chi connectivity index (χ4v) is 3.20. The average Bonchev–Trinajstić information content (AvgIpc) is 3.38. The molecule has 0 bridgehead atoms. The molecule has 120 valence electrons. The Morgan fingerprint density at radius 1 is 1.26 bits per heavy atom. The van der Waals surface area contributed by atoms with Gasteiger partial charge in [-0.2, -0.15) is 0 Å². The third-order valence-electron chi connectivity index (χ3n) is 4.59. The molecule has 2 aliphatic rings. The number of nitrogens with zero attached hydrogens (tertiary/aromatic N) is 3. The monoisotopic (exact) mass is 314 g/mol. The molecule has 23 heavy (non-hydrogen) atoms. The van der Waals surface area contributed by atoms with E-state index in [-0.39, 0.29) is 17.6 Å². The van der Waals surface area contributed by atoms with Crippen molar-refractivity contribution in [2.75, 3.05) is 18.0 Å². The lowest BCUT2D eigenvalue weighted by Crippen LogP contribution is -2.44. The van der Waals surface area contributed by atoms with Crippen molar-refractivity contribution in [2.24, 2.45) is 5.92 Å². The number of carbonyl (C=O) groups excluding carboxylic acids is 1. The molecule has 4 rings (SSSR count). The summed E-state index contributed by atoms with van der Waals surface area (Å²) in [6.45, 7) is 1.46. The van der Waals surface area contributed by atoms with Crippen LogP contribution in [-0.4, -0.2) is 35.0 Å². The van der Waals surface area contributed by atoms with Gasteiger partial charge in [-0.25, -0.2) is 14.4 Å². The molecule has 1 unspecified atom stereocenters. The number of aromatic nitrogens is 2. The smallest absolute Gasteiger partial charge is 0.225 e. The number of benzene rings is 1. The summed E-state index contributed by atoms with van der Waals surface area (Å²) >= 11 is 0. The second-order valence-electron chi connectivity index (χ2n) is 6.43. The van der Waals surface area contributed by atoms with E-state index in [1.165, 1.54) is 18.5 Å². The highest BCUT2D eigenvalue weighted by Gasteiger charge is 2.31. The van der Waals surface area contributed by atoms with Gasteiger partial charge in [-0.3, -0.25) is 4.79 Å². The van der Waals surface area contributed by atoms with E-state index in [9.17, 15) is 9.18 Å². The maximum atomic E-state index is 13.6. The van der Waals surface area contributed by atoms with Crippen molar-refractivity contribution in [1.29, 1.82) is 0 Å². The van der Waals surface area contributed by atoms with Crippen LogP contribution < -0.4 is 10.2 Å². The molecule has 2 fully saturated rings.